The van der Waals surface area contributed by atoms with Gasteiger partial charge in [-0.3, -0.25) is 26.5 Å². The minimum absolute atomic E-state index is 0.0139. The fourth-order valence-electron chi connectivity index (χ4n) is 1.72. The average molecular weight is 285 g/mol. The standard InChI is InChI=1S/C9H26F2N4Si2/c1-12(2)16(10,13(3)4)9-17(11,14(5)6)15(7)8/h9H2,1-8H3. The van der Waals surface area contributed by atoms with Crippen molar-refractivity contribution in [3.63, 3.8) is 0 Å². The summed E-state index contributed by atoms with van der Waals surface area (Å²) in [5.74, 6) is 0. The van der Waals surface area contributed by atoms with Crippen molar-refractivity contribution in [1.29, 1.82) is 0 Å². The van der Waals surface area contributed by atoms with Crippen molar-refractivity contribution in [2.75, 3.05) is 56.4 Å². The van der Waals surface area contributed by atoms with Crippen molar-refractivity contribution >= 4 is 17.5 Å². The summed E-state index contributed by atoms with van der Waals surface area (Å²) >= 11 is 0. The minimum Gasteiger partial charge on any atom is -0.292 e. The molecule has 0 aromatic rings. The number of hydrogen-bond acceptors (Lipinski definition) is 4. The van der Waals surface area contributed by atoms with Crippen LogP contribution in [0.25, 0.3) is 0 Å². The molecule has 8 heteroatoms. The maximum Gasteiger partial charge on any atom is 0.403 e. The monoisotopic (exact) mass is 284 g/mol. The van der Waals surface area contributed by atoms with E-state index in [1.165, 1.54) is 0 Å². The van der Waals surface area contributed by atoms with Gasteiger partial charge >= 0.3 is 17.5 Å². The molecule has 0 rings (SSSR count). The van der Waals surface area contributed by atoms with E-state index in [9.17, 15) is 8.22 Å². The van der Waals surface area contributed by atoms with E-state index in [1.54, 1.807) is 74.6 Å². The number of nitrogens with zero attached hydrogens (tertiary/aromatic N) is 4. The molecule has 4 nitrogen and oxygen atoms in total. The third-order valence-corrected chi connectivity index (χ3v) is 12.3. The lowest BCUT2D eigenvalue weighted by atomic mass is 11.2. The molecule has 0 saturated carbocycles. The van der Waals surface area contributed by atoms with Crippen LogP contribution in [-0.4, -0.2) is 92.1 Å². The summed E-state index contributed by atoms with van der Waals surface area (Å²) in [5, 5.41) is 0. The van der Waals surface area contributed by atoms with Crippen LogP contribution >= 0.6 is 0 Å². The van der Waals surface area contributed by atoms with Crippen LogP contribution in [0.15, 0.2) is 0 Å². The van der Waals surface area contributed by atoms with E-state index in [1.807, 2.05) is 0 Å². The highest BCUT2D eigenvalue weighted by atomic mass is 28.5. The molecule has 0 heterocycles. The van der Waals surface area contributed by atoms with Gasteiger partial charge in [0.1, 0.15) is 0 Å². The predicted molar refractivity (Wildman–Crippen MR) is 73.3 cm³/mol. The van der Waals surface area contributed by atoms with E-state index < -0.39 is 17.5 Å². The lowest BCUT2D eigenvalue weighted by molar-refractivity contribution is 0.370. The van der Waals surface area contributed by atoms with Crippen molar-refractivity contribution in [2.45, 2.75) is 5.67 Å². The molecule has 0 amide bonds. The van der Waals surface area contributed by atoms with E-state index in [4.69, 9.17) is 0 Å². The van der Waals surface area contributed by atoms with Gasteiger partial charge in [-0.05, 0) is 56.4 Å². The summed E-state index contributed by atoms with van der Waals surface area (Å²) < 4.78 is 36.2. The van der Waals surface area contributed by atoms with Crippen molar-refractivity contribution in [1.82, 2.24) is 18.3 Å². The molecule has 0 aliphatic heterocycles. The first-order valence-electron chi connectivity index (χ1n) is 5.56. The Hall–Kier alpha value is 0.134. The smallest absolute Gasteiger partial charge is 0.292 e. The Balaban J connectivity index is 5.22. The second kappa shape index (κ2) is 5.85. The second-order valence-electron chi connectivity index (χ2n) is 5.19. The maximum absolute atomic E-state index is 15.0. The van der Waals surface area contributed by atoms with E-state index in [-0.39, 0.29) is 5.67 Å². The Morgan fingerprint density at radius 3 is 0.882 bits per heavy atom. The summed E-state index contributed by atoms with van der Waals surface area (Å²) in [5.41, 5.74) is -0.0139. The van der Waals surface area contributed by atoms with E-state index >= 15 is 0 Å². The van der Waals surface area contributed by atoms with Crippen LogP contribution in [0.4, 0.5) is 8.22 Å². The SMILES string of the molecule is CN(C)[Si](F)(C[Si](F)(N(C)C)N(C)C)N(C)C. The molecule has 104 valence electrons. The molecule has 0 N–H and O–H groups in total. The first kappa shape index (κ1) is 17.1. The summed E-state index contributed by atoms with van der Waals surface area (Å²) in [6, 6.07) is 0. The zero-order chi connectivity index (χ0) is 14.0. The summed E-state index contributed by atoms with van der Waals surface area (Å²) in [6.07, 6.45) is 0. The van der Waals surface area contributed by atoms with Crippen molar-refractivity contribution < 1.29 is 8.22 Å². The van der Waals surface area contributed by atoms with Crippen molar-refractivity contribution in [3.05, 3.63) is 0 Å². The minimum atomic E-state index is -3.40. The average Bonchev–Trinajstić information content (AvgIpc) is 2.15. The highest BCUT2D eigenvalue weighted by Crippen LogP contribution is 2.27. The van der Waals surface area contributed by atoms with Gasteiger partial charge in [0.05, 0.1) is 0 Å². The van der Waals surface area contributed by atoms with Crippen LogP contribution in [0.3, 0.4) is 0 Å². The van der Waals surface area contributed by atoms with Crippen molar-refractivity contribution in [3.8, 4) is 0 Å². The molecule has 0 aliphatic carbocycles. The van der Waals surface area contributed by atoms with Crippen molar-refractivity contribution in [2.24, 2.45) is 0 Å². The molecule has 0 spiro atoms. The molecule has 0 radical (unpaired) electrons. The van der Waals surface area contributed by atoms with Gasteiger partial charge in [0.25, 0.3) is 0 Å². The van der Waals surface area contributed by atoms with E-state index in [0.717, 1.165) is 0 Å². The quantitative estimate of drug-likeness (QED) is 0.523. The maximum atomic E-state index is 15.0. The zero-order valence-corrected chi connectivity index (χ0v) is 14.3. The normalized spacial score (nSPS) is 14.5. The summed E-state index contributed by atoms with van der Waals surface area (Å²) in [6.45, 7) is 0. The molecule has 0 atom stereocenters. The molecule has 0 aliphatic rings. The van der Waals surface area contributed by atoms with Crippen LogP contribution in [0.2, 0.25) is 5.67 Å². The van der Waals surface area contributed by atoms with Gasteiger partial charge in [-0.15, -0.1) is 0 Å². The Labute approximate surface area is 106 Å². The topological polar surface area (TPSA) is 13.0 Å². The Morgan fingerprint density at radius 2 is 0.765 bits per heavy atom. The van der Waals surface area contributed by atoms with Crippen LogP contribution in [0.5, 0.6) is 0 Å². The predicted octanol–water partition coefficient (Wildman–Crippen LogP) is 0.589. The van der Waals surface area contributed by atoms with E-state index in [0.29, 0.717) is 0 Å². The van der Waals surface area contributed by atoms with Gasteiger partial charge in [-0.1, -0.05) is 0 Å². The molecule has 17 heavy (non-hydrogen) atoms. The zero-order valence-electron chi connectivity index (χ0n) is 12.3. The largest absolute Gasteiger partial charge is 0.403 e. The van der Waals surface area contributed by atoms with Gasteiger partial charge in [0.15, 0.2) is 0 Å². The first-order valence-corrected chi connectivity index (χ1v) is 9.52. The van der Waals surface area contributed by atoms with Gasteiger partial charge in [0.2, 0.25) is 0 Å². The van der Waals surface area contributed by atoms with Gasteiger partial charge < -0.3 is 0 Å². The number of halogens is 2. The number of hydrogen-bond donors (Lipinski definition) is 0. The van der Waals surface area contributed by atoms with Crippen LogP contribution in [-0.2, 0) is 0 Å². The van der Waals surface area contributed by atoms with Crippen LogP contribution in [0, 0.1) is 0 Å². The molecule has 0 bridgehead atoms. The Morgan fingerprint density at radius 1 is 0.588 bits per heavy atom. The summed E-state index contributed by atoms with van der Waals surface area (Å²) in [4.78, 5) is 0. The molecule has 0 aromatic carbocycles. The molecular weight excluding hydrogens is 258 g/mol. The number of rotatable bonds is 6. The lowest BCUT2D eigenvalue weighted by Gasteiger charge is -2.42. The second-order valence-corrected chi connectivity index (χ2v) is 13.1. The summed E-state index contributed by atoms with van der Waals surface area (Å²) in [7, 11) is 6.70. The molecule has 0 unspecified atom stereocenters. The third kappa shape index (κ3) is 3.55. The molecule has 0 fully saturated rings. The lowest BCUT2D eigenvalue weighted by Crippen LogP contribution is -2.68. The fourth-order valence-corrected chi connectivity index (χ4v) is 10.7. The van der Waals surface area contributed by atoms with Gasteiger partial charge in [-0.25, -0.2) is 0 Å². The molecule has 0 saturated heterocycles. The van der Waals surface area contributed by atoms with Gasteiger partial charge in [0, 0.05) is 5.67 Å². The Bertz CT molecular complexity index is 209. The van der Waals surface area contributed by atoms with Gasteiger partial charge in [-0.2, -0.15) is 0 Å². The highest BCUT2D eigenvalue weighted by Gasteiger charge is 2.55. The van der Waals surface area contributed by atoms with Crippen LogP contribution < -0.4 is 0 Å². The highest BCUT2D eigenvalue weighted by molar-refractivity contribution is 6.86. The molecular formula is C9H26F2N4Si2. The Kier molecular flexibility index (Phi) is 5.90. The van der Waals surface area contributed by atoms with Crippen LogP contribution in [0.1, 0.15) is 0 Å². The first-order chi connectivity index (χ1) is 7.48. The molecule has 0 aromatic heterocycles. The van der Waals surface area contributed by atoms with E-state index in [2.05, 4.69) is 0 Å². The fraction of sp³-hybridized carbons (Fsp3) is 1.00. The third-order valence-electron chi connectivity index (χ3n) is 3.19.